The number of ether oxygens (including phenoxy) is 2. The van der Waals surface area contributed by atoms with Gasteiger partial charge in [-0.25, -0.2) is 4.39 Å². The molecule has 1 aliphatic heterocycles. The number of methoxy groups -OCH3 is 1. The molecule has 2 atom stereocenters. The van der Waals surface area contributed by atoms with Gasteiger partial charge in [-0.15, -0.1) is 0 Å². The predicted molar refractivity (Wildman–Crippen MR) is 123 cm³/mol. The van der Waals surface area contributed by atoms with Crippen LogP contribution in [0.4, 0.5) is 4.39 Å². The molecule has 1 aromatic heterocycles. The average Bonchev–Trinajstić information content (AvgIpc) is 3.49. The summed E-state index contributed by atoms with van der Waals surface area (Å²) in [5.41, 5.74) is -1.62. The van der Waals surface area contributed by atoms with Crippen molar-refractivity contribution in [2.75, 3.05) is 33.9 Å². The number of rotatable bonds is 8. The third-order valence-electron chi connectivity index (χ3n) is 6.64. The quantitative estimate of drug-likeness (QED) is 0.569. The van der Waals surface area contributed by atoms with Crippen molar-refractivity contribution in [2.24, 2.45) is 5.92 Å². The number of hydrogen-bond acceptors (Lipinski definition) is 6. The number of carbonyl (C=O) groups excluding carboxylic acids is 2. The Kier molecular flexibility index (Phi) is 6.44. The number of pyridine rings is 1. The van der Waals surface area contributed by atoms with Gasteiger partial charge < -0.3 is 24.0 Å². The number of amides is 1. The molecule has 182 valence electrons. The van der Waals surface area contributed by atoms with E-state index in [-0.39, 0.29) is 46.4 Å². The van der Waals surface area contributed by atoms with Gasteiger partial charge in [0.15, 0.2) is 17.2 Å². The molecular formula is C24H26ClFN2O6. The number of aryl methyl sites for hydroxylation is 1. The highest BCUT2D eigenvalue weighted by atomic mass is 35.5. The second-order valence-corrected chi connectivity index (χ2v) is 9.15. The first-order valence-electron chi connectivity index (χ1n) is 11.0. The fourth-order valence-electron chi connectivity index (χ4n) is 4.78. The number of likely N-dealkylation sites (N-methyl/N-ethyl adjacent to an activating group) is 1. The van der Waals surface area contributed by atoms with E-state index in [1.54, 1.807) is 25.6 Å². The van der Waals surface area contributed by atoms with Gasteiger partial charge in [0.05, 0.1) is 24.3 Å². The zero-order chi connectivity index (χ0) is 24.8. The summed E-state index contributed by atoms with van der Waals surface area (Å²) < 4.78 is 26.7. The number of benzene rings is 1. The van der Waals surface area contributed by atoms with E-state index in [4.69, 9.17) is 21.1 Å². The maximum Gasteiger partial charge on any atom is 0.274 e. The minimum atomic E-state index is -0.913. The molecule has 4 rings (SSSR count). The molecule has 1 N–H and O–H groups in total. The van der Waals surface area contributed by atoms with Crippen molar-refractivity contribution < 1.29 is 28.6 Å². The summed E-state index contributed by atoms with van der Waals surface area (Å²) in [6, 6.07) is 3.02. The normalized spacial score (nSPS) is 21.0. The monoisotopic (exact) mass is 492 g/mol. The lowest BCUT2D eigenvalue weighted by Gasteiger charge is -2.35. The Morgan fingerprint density at radius 2 is 2.09 bits per heavy atom. The number of fused-ring (bicyclic) bond motifs is 2. The van der Waals surface area contributed by atoms with Gasteiger partial charge in [0.25, 0.3) is 5.91 Å². The molecular weight excluding hydrogens is 467 g/mol. The molecule has 2 aliphatic rings. The summed E-state index contributed by atoms with van der Waals surface area (Å²) in [5, 5.41) is 10.5. The second kappa shape index (κ2) is 9.03. The van der Waals surface area contributed by atoms with Gasteiger partial charge in [-0.05, 0) is 31.4 Å². The van der Waals surface area contributed by atoms with Gasteiger partial charge in [0.2, 0.25) is 5.43 Å². The number of carbonyl (C=O) groups is 2. The van der Waals surface area contributed by atoms with Gasteiger partial charge >= 0.3 is 0 Å². The SMILES string of the molecule is CCOc1ccc(CCC(=O)c2cn3c(c(O)c2=O)C(=O)N(C)C[C@@]32C[C@@H]2COC)c(F)c1Cl. The van der Waals surface area contributed by atoms with E-state index in [2.05, 4.69) is 0 Å². The van der Waals surface area contributed by atoms with Crippen LogP contribution in [0.5, 0.6) is 11.5 Å². The largest absolute Gasteiger partial charge is 0.503 e. The van der Waals surface area contributed by atoms with E-state index in [9.17, 15) is 23.9 Å². The zero-order valence-electron chi connectivity index (χ0n) is 19.2. The van der Waals surface area contributed by atoms with E-state index < -0.39 is 34.2 Å². The highest BCUT2D eigenvalue weighted by Crippen LogP contribution is 2.53. The van der Waals surface area contributed by atoms with Crippen LogP contribution in [0.2, 0.25) is 5.02 Å². The third-order valence-corrected chi connectivity index (χ3v) is 6.99. The van der Waals surface area contributed by atoms with Crippen LogP contribution in [0.3, 0.4) is 0 Å². The van der Waals surface area contributed by atoms with Crippen molar-refractivity contribution in [3.8, 4) is 11.5 Å². The third kappa shape index (κ3) is 3.86. The average molecular weight is 493 g/mol. The lowest BCUT2D eigenvalue weighted by molar-refractivity contribution is 0.0664. The van der Waals surface area contributed by atoms with Crippen LogP contribution in [0.15, 0.2) is 23.1 Å². The molecule has 2 heterocycles. The van der Waals surface area contributed by atoms with E-state index in [0.29, 0.717) is 26.2 Å². The Balaban J connectivity index is 1.65. The Bertz CT molecular complexity index is 1230. The topological polar surface area (TPSA) is 98.1 Å². The van der Waals surface area contributed by atoms with E-state index >= 15 is 0 Å². The molecule has 8 nitrogen and oxygen atoms in total. The van der Waals surface area contributed by atoms with Crippen LogP contribution in [-0.2, 0) is 16.7 Å². The standard InChI is InChI=1S/C24H26ClFN2O6/c1-4-34-17-8-6-13(19(26)18(17)25)5-7-16(29)15-10-28-20(22(31)21(15)30)23(32)27(2)12-24(28)9-14(24)11-33-3/h6,8,10,14,31H,4-5,7,9,11-12H2,1-3H3/t14-,24-/m1/s1. The van der Waals surface area contributed by atoms with Gasteiger partial charge in [-0.3, -0.25) is 14.4 Å². The summed E-state index contributed by atoms with van der Waals surface area (Å²) in [4.78, 5) is 40.0. The fraction of sp³-hybridized carbons (Fsp3) is 0.458. The maximum atomic E-state index is 14.6. The number of halogens is 2. The molecule has 0 saturated heterocycles. The first-order valence-corrected chi connectivity index (χ1v) is 11.4. The molecule has 34 heavy (non-hydrogen) atoms. The van der Waals surface area contributed by atoms with Crippen molar-refractivity contribution in [1.82, 2.24) is 9.47 Å². The first-order chi connectivity index (χ1) is 16.2. The van der Waals surface area contributed by atoms with Crippen LogP contribution >= 0.6 is 11.6 Å². The molecule has 2 aromatic rings. The van der Waals surface area contributed by atoms with Gasteiger partial charge in [-0.2, -0.15) is 0 Å². The molecule has 1 fully saturated rings. The number of nitrogens with zero attached hydrogens (tertiary/aromatic N) is 2. The molecule has 10 heteroatoms. The second-order valence-electron chi connectivity index (χ2n) is 8.77. The molecule has 1 amide bonds. The Morgan fingerprint density at radius 1 is 1.35 bits per heavy atom. The van der Waals surface area contributed by atoms with Crippen LogP contribution in [-0.4, -0.2) is 60.2 Å². The summed E-state index contributed by atoms with van der Waals surface area (Å²) in [7, 11) is 3.18. The highest BCUT2D eigenvalue weighted by Gasteiger charge is 2.60. The minimum Gasteiger partial charge on any atom is -0.503 e. The van der Waals surface area contributed by atoms with E-state index in [0.717, 1.165) is 0 Å². The molecule has 0 unspecified atom stereocenters. The summed E-state index contributed by atoms with van der Waals surface area (Å²) in [6.07, 6.45) is 1.86. The number of hydrogen-bond donors (Lipinski definition) is 1. The summed E-state index contributed by atoms with van der Waals surface area (Å²) in [6.45, 7) is 2.89. The fourth-order valence-corrected chi connectivity index (χ4v) is 5.02. The maximum absolute atomic E-state index is 14.6. The predicted octanol–water partition coefficient (Wildman–Crippen LogP) is 3.01. The van der Waals surface area contributed by atoms with Gasteiger partial charge in [0, 0.05) is 39.2 Å². The van der Waals surface area contributed by atoms with Crippen molar-refractivity contribution in [3.63, 3.8) is 0 Å². The van der Waals surface area contributed by atoms with Crippen LogP contribution in [0, 0.1) is 11.7 Å². The molecule has 1 spiro atoms. The van der Waals surface area contributed by atoms with Crippen LogP contribution in [0.1, 0.15) is 46.2 Å². The Hall–Kier alpha value is -2.91. The van der Waals surface area contributed by atoms with Crippen molar-refractivity contribution in [1.29, 1.82) is 0 Å². The highest BCUT2D eigenvalue weighted by molar-refractivity contribution is 6.32. The smallest absolute Gasteiger partial charge is 0.274 e. The van der Waals surface area contributed by atoms with Gasteiger partial charge in [0.1, 0.15) is 16.6 Å². The van der Waals surface area contributed by atoms with E-state index in [1.165, 1.54) is 23.2 Å². The van der Waals surface area contributed by atoms with Crippen LogP contribution < -0.4 is 10.2 Å². The minimum absolute atomic E-state index is 0.00213. The Morgan fingerprint density at radius 3 is 2.76 bits per heavy atom. The van der Waals surface area contributed by atoms with Crippen molar-refractivity contribution >= 4 is 23.3 Å². The van der Waals surface area contributed by atoms with E-state index in [1.807, 2.05) is 0 Å². The molecule has 0 bridgehead atoms. The van der Waals surface area contributed by atoms with Crippen molar-refractivity contribution in [3.05, 3.63) is 56.2 Å². The summed E-state index contributed by atoms with van der Waals surface area (Å²) >= 11 is 6.02. The number of Topliss-reactive ketones (excluding diaryl/α,β-unsaturated/α-hetero) is 1. The zero-order valence-corrected chi connectivity index (χ0v) is 19.9. The molecule has 0 radical (unpaired) electrons. The molecule has 1 aromatic carbocycles. The van der Waals surface area contributed by atoms with Crippen molar-refractivity contribution in [2.45, 2.75) is 31.7 Å². The molecule has 1 saturated carbocycles. The molecule has 1 aliphatic carbocycles. The summed E-state index contributed by atoms with van der Waals surface area (Å²) in [5.74, 6) is -2.21. The number of aromatic hydroxyl groups is 1. The lowest BCUT2D eigenvalue weighted by Crippen LogP contribution is -2.48. The Labute approximate surface area is 200 Å². The number of aromatic nitrogens is 1. The first kappa shape index (κ1) is 24.2. The number of ketones is 1. The van der Waals surface area contributed by atoms with Crippen LogP contribution in [0.25, 0.3) is 0 Å². The van der Waals surface area contributed by atoms with Gasteiger partial charge in [-0.1, -0.05) is 17.7 Å². The lowest BCUT2D eigenvalue weighted by atomic mass is 10.00.